The molecule has 0 saturated carbocycles. The molecule has 1 aromatic carbocycles. The Labute approximate surface area is 230 Å². The monoisotopic (exact) mass is 529 g/mol. The summed E-state index contributed by atoms with van der Waals surface area (Å²) in [5.74, 6) is 0.254. The molecular formula is C29H39N9O. The smallest absolute Gasteiger partial charge is 0.271 e. The number of nitrogens with zero attached hydrogens (tertiary/aromatic N) is 6. The van der Waals surface area contributed by atoms with E-state index in [2.05, 4.69) is 54.5 Å². The topological polar surface area (TPSA) is 116 Å². The molecule has 0 atom stereocenters. The molecule has 5 rings (SSSR count). The van der Waals surface area contributed by atoms with Crippen LogP contribution in [0.4, 0.5) is 23.0 Å². The average molecular weight is 530 g/mol. The number of benzene rings is 1. The Morgan fingerprint density at radius 3 is 2.21 bits per heavy atom. The van der Waals surface area contributed by atoms with Gasteiger partial charge in [-0.05, 0) is 70.1 Å². The summed E-state index contributed by atoms with van der Waals surface area (Å²) in [5, 5.41) is 6.62. The molecule has 10 heteroatoms. The number of piperazine rings is 1. The van der Waals surface area contributed by atoms with Crippen molar-refractivity contribution >= 4 is 28.9 Å². The predicted molar refractivity (Wildman–Crippen MR) is 157 cm³/mol. The first-order valence-corrected chi connectivity index (χ1v) is 13.8. The zero-order valence-electron chi connectivity index (χ0n) is 23.1. The summed E-state index contributed by atoms with van der Waals surface area (Å²) in [6, 6.07) is 12.7. The zero-order chi connectivity index (χ0) is 27.4. The molecule has 0 radical (unpaired) electrons. The van der Waals surface area contributed by atoms with Crippen LogP contribution in [-0.4, -0.2) is 89.1 Å². The number of nitrogens with one attached hydrogen (secondary N) is 2. The Bertz CT molecular complexity index is 1250. The first-order valence-electron chi connectivity index (χ1n) is 13.8. The highest BCUT2D eigenvalue weighted by Crippen LogP contribution is 2.30. The van der Waals surface area contributed by atoms with Gasteiger partial charge in [0.05, 0.1) is 0 Å². The van der Waals surface area contributed by atoms with Crippen molar-refractivity contribution in [3.8, 4) is 11.3 Å². The normalized spacial score (nSPS) is 17.4. The number of amides is 1. The van der Waals surface area contributed by atoms with Crippen LogP contribution >= 0.6 is 0 Å². The maximum atomic E-state index is 12.4. The molecule has 2 fully saturated rings. The van der Waals surface area contributed by atoms with E-state index in [-0.39, 0.29) is 11.7 Å². The minimum atomic E-state index is -0.642. The largest absolute Gasteiger partial charge is 0.371 e. The van der Waals surface area contributed by atoms with E-state index in [1.807, 2.05) is 38.1 Å². The van der Waals surface area contributed by atoms with Gasteiger partial charge in [0.1, 0.15) is 5.69 Å². The van der Waals surface area contributed by atoms with Gasteiger partial charge in [-0.15, -0.1) is 0 Å². The summed E-state index contributed by atoms with van der Waals surface area (Å²) >= 11 is 0. The number of nitrogens with two attached hydrogens (primary N) is 1. The van der Waals surface area contributed by atoms with Gasteiger partial charge < -0.3 is 26.2 Å². The van der Waals surface area contributed by atoms with Gasteiger partial charge in [0.25, 0.3) is 5.91 Å². The predicted octanol–water partition coefficient (Wildman–Crippen LogP) is 3.42. The fourth-order valence-electron chi connectivity index (χ4n) is 5.35. The highest BCUT2D eigenvalue weighted by molar-refractivity contribution is 5.97. The Hall–Kier alpha value is -3.76. The number of carbonyl (C=O) groups excluding carboxylic acids is 1. The van der Waals surface area contributed by atoms with Crippen LogP contribution < -0.4 is 21.3 Å². The molecule has 2 aliphatic rings. The average Bonchev–Trinajstić information content (AvgIpc) is 2.94. The second-order valence-corrected chi connectivity index (χ2v) is 10.7. The van der Waals surface area contributed by atoms with Crippen molar-refractivity contribution in [3.05, 3.63) is 54.5 Å². The lowest BCUT2D eigenvalue weighted by Gasteiger charge is -2.42. The van der Waals surface area contributed by atoms with Crippen molar-refractivity contribution in [2.45, 2.75) is 38.8 Å². The van der Waals surface area contributed by atoms with Crippen molar-refractivity contribution < 1.29 is 4.79 Å². The minimum Gasteiger partial charge on any atom is -0.371 e. The van der Waals surface area contributed by atoms with Crippen molar-refractivity contribution in [2.75, 3.05) is 61.8 Å². The van der Waals surface area contributed by atoms with Gasteiger partial charge in [-0.1, -0.05) is 0 Å². The molecule has 4 heterocycles. The van der Waals surface area contributed by atoms with Crippen LogP contribution in [0.2, 0.25) is 0 Å². The summed E-state index contributed by atoms with van der Waals surface area (Å²) in [6.07, 6.45) is 5.75. The number of piperidine rings is 1. The van der Waals surface area contributed by atoms with Crippen LogP contribution in [0.5, 0.6) is 0 Å². The Morgan fingerprint density at radius 2 is 1.59 bits per heavy atom. The fourth-order valence-corrected chi connectivity index (χ4v) is 5.35. The maximum Gasteiger partial charge on any atom is 0.271 e. The van der Waals surface area contributed by atoms with Crippen LogP contribution in [0.3, 0.4) is 0 Å². The summed E-state index contributed by atoms with van der Waals surface area (Å²) in [7, 11) is 2.21. The SMILES string of the molecule is CC(C)Nc1nc(Nc2ccc(N3CCC(N4CCN(C)CC4)CC3)cc2)c(C(N)=O)nc1-c1ccncc1. The number of anilines is 4. The highest BCUT2D eigenvalue weighted by atomic mass is 16.1. The molecule has 3 aromatic rings. The van der Waals surface area contributed by atoms with Gasteiger partial charge in [0.2, 0.25) is 0 Å². The highest BCUT2D eigenvalue weighted by Gasteiger charge is 2.27. The van der Waals surface area contributed by atoms with E-state index >= 15 is 0 Å². The molecular weight excluding hydrogens is 490 g/mol. The van der Waals surface area contributed by atoms with Gasteiger partial charge in [0, 0.05) is 80.7 Å². The second-order valence-electron chi connectivity index (χ2n) is 10.7. The van der Waals surface area contributed by atoms with Crippen molar-refractivity contribution in [1.82, 2.24) is 24.8 Å². The zero-order valence-corrected chi connectivity index (χ0v) is 23.1. The molecule has 0 unspecified atom stereocenters. The van der Waals surface area contributed by atoms with Crippen LogP contribution in [0.25, 0.3) is 11.3 Å². The molecule has 4 N–H and O–H groups in total. The van der Waals surface area contributed by atoms with E-state index in [1.54, 1.807) is 12.4 Å². The first-order chi connectivity index (χ1) is 18.9. The molecule has 206 valence electrons. The number of likely N-dealkylation sites (N-methyl/N-ethyl adjacent to an activating group) is 1. The number of primary amides is 1. The lowest BCUT2D eigenvalue weighted by Crippen LogP contribution is -2.52. The maximum absolute atomic E-state index is 12.4. The van der Waals surface area contributed by atoms with Crippen molar-refractivity contribution in [1.29, 1.82) is 0 Å². The van der Waals surface area contributed by atoms with Crippen molar-refractivity contribution in [3.63, 3.8) is 0 Å². The molecule has 39 heavy (non-hydrogen) atoms. The van der Waals surface area contributed by atoms with E-state index in [0.29, 0.717) is 23.4 Å². The van der Waals surface area contributed by atoms with Crippen LogP contribution in [0.1, 0.15) is 37.2 Å². The molecule has 2 aromatic heterocycles. The number of hydrogen-bond acceptors (Lipinski definition) is 9. The Kier molecular flexibility index (Phi) is 8.23. The Morgan fingerprint density at radius 1 is 0.923 bits per heavy atom. The molecule has 10 nitrogen and oxygen atoms in total. The van der Waals surface area contributed by atoms with Crippen LogP contribution in [0, 0.1) is 0 Å². The molecule has 1 amide bonds. The second kappa shape index (κ2) is 12.0. The molecule has 0 bridgehead atoms. The Balaban J connectivity index is 1.30. The third-order valence-electron chi connectivity index (χ3n) is 7.52. The number of rotatable bonds is 8. The van der Waals surface area contributed by atoms with Crippen molar-refractivity contribution in [2.24, 2.45) is 5.73 Å². The van der Waals surface area contributed by atoms with Gasteiger partial charge in [-0.2, -0.15) is 0 Å². The first kappa shape index (κ1) is 26.8. The van der Waals surface area contributed by atoms with E-state index in [1.165, 1.54) is 31.6 Å². The van der Waals surface area contributed by atoms with Gasteiger partial charge >= 0.3 is 0 Å². The lowest BCUT2D eigenvalue weighted by molar-refractivity contribution is 0.0982. The van der Waals surface area contributed by atoms with E-state index in [9.17, 15) is 4.79 Å². The third kappa shape index (κ3) is 6.46. The van der Waals surface area contributed by atoms with Gasteiger partial charge in [-0.3, -0.25) is 14.7 Å². The minimum absolute atomic E-state index is 0.0890. The quantitative estimate of drug-likeness (QED) is 0.404. The van der Waals surface area contributed by atoms with E-state index in [4.69, 9.17) is 10.7 Å². The standard InChI is InChI=1S/C29H39N9O/c1-20(2)32-28-25(21-8-12-31-13-9-21)34-26(27(30)39)29(35-28)33-22-4-6-23(7-5-22)37-14-10-24(11-15-37)38-18-16-36(3)17-19-38/h4-9,12-13,20,24H,10-11,14-19H2,1-3H3,(H2,30,39)(H2,32,33,35). The van der Waals surface area contributed by atoms with Crippen LogP contribution in [-0.2, 0) is 0 Å². The van der Waals surface area contributed by atoms with Gasteiger partial charge in [-0.25, -0.2) is 9.97 Å². The summed E-state index contributed by atoms with van der Waals surface area (Å²) < 4.78 is 0. The molecule has 2 saturated heterocycles. The summed E-state index contributed by atoms with van der Waals surface area (Å²) in [6.45, 7) is 10.9. The molecule has 0 aliphatic carbocycles. The van der Waals surface area contributed by atoms with Crippen LogP contribution in [0.15, 0.2) is 48.8 Å². The number of pyridine rings is 1. The van der Waals surface area contributed by atoms with Gasteiger partial charge in [0.15, 0.2) is 17.3 Å². The summed E-state index contributed by atoms with van der Waals surface area (Å²) in [4.78, 5) is 33.4. The molecule has 2 aliphatic heterocycles. The molecule has 0 spiro atoms. The van der Waals surface area contributed by atoms with E-state index < -0.39 is 5.91 Å². The summed E-state index contributed by atoms with van der Waals surface area (Å²) in [5.41, 5.74) is 9.20. The third-order valence-corrected chi connectivity index (χ3v) is 7.52. The number of aromatic nitrogens is 3. The number of carbonyl (C=O) groups is 1. The fraction of sp³-hybridized carbons (Fsp3) is 0.448. The number of hydrogen-bond donors (Lipinski definition) is 3. The lowest BCUT2D eigenvalue weighted by atomic mass is 10.0. The van der Waals surface area contributed by atoms with E-state index in [0.717, 1.165) is 37.4 Å².